The SMILES string of the molecule is [2H]c1ccc[c]c1Cl. The highest BCUT2D eigenvalue weighted by molar-refractivity contribution is 6.30. The summed E-state index contributed by atoms with van der Waals surface area (Å²) in [4.78, 5) is 0. The van der Waals surface area contributed by atoms with Gasteiger partial charge in [0.1, 0.15) is 0 Å². The van der Waals surface area contributed by atoms with Gasteiger partial charge in [-0.2, -0.15) is 0 Å². The molecule has 1 aromatic rings. The zero-order valence-electron chi connectivity index (χ0n) is 4.61. The van der Waals surface area contributed by atoms with Crippen molar-refractivity contribution < 1.29 is 1.37 Å². The molecule has 0 nitrogen and oxygen atoms in total. The molecule has 1 rings (SSSR count). The fourth-order valence-electron chi connectivity index (χ4n) is 0.332. The largest absolute Gasteiger partial charge is 0.0837 e. The minimum absolute atomic E-state index is 0.328. The van der Waals surface area contributed by atoms with Gasteiger partial charge >= 0.3 is 0 Å². The molecule has 0 aliphatic rings. The predicted octanol–water partition coefficient (Wildman–Crippen LogP) is 2.14. The predicted molar refractivity (Wildman–Crippen MR) is 30.3 cm³/mol. The minimum Gasteiger partial charge on any atom is -0.0837 e. The van der Waals surface area contributed by atoms with Crippen LogP contribution in [0.2, 0.25) is 5.02 Å². The van der Waals surface area contributed by atoms with E-state index in [1.54, 1.807) is 18.2 Å². The molecule has 1 heteroatoms. The molecule has 0 saturated carbocycles. The number of benzene rings is 1. The highest BCUT2D eigenvalue weighted by atomic mass is 35.5. The van der Waals surface area contributed by atoms with Gasteiger partial charge in [-0.05, 0) is 6.04 Å². The quantitative estimate of drug-likeness (QED) is 0.483. The van der Waals surface area contributed by atoms with Gasteiger partial charge < -0.3 is 0 Å². The van der Waals surface area contributed by atoms with Crippen molar-refractivity contribution in [3.8, 4) is 0 Å². The van der Waals surface area contributed by atoms with E-state index in [0.717, 1.165) is 0 Å². The molecule has 0 fully saturated rings. The molecule has 0 unspecified atom stereocenters. The van der Waals surface area contributed by atoms with Crippen molar-refractivity contribution in [2.24, 2.45) is 0 Å². The molecule has 0 aliphatic carbocycles. The van der Waals surface area contributed by atoms with Crippen LogP contribution in [0.5, 0.6) is 0 Å². The Morgan fingerprint density at radius 1 is 1.71 bits per heavy atom. The molecule has 1 aromatic carbocycles. The lowest BCUT2D eigenvalue weighted by Crippen LogP contribution is -1.56. The molecular formula is C6H4Cl. The maximum absolute atomic E-state index is 7.06. The van der Waals surface area contributed by atoms with Crippen molar-refractivity contribution in [2.75, 3.05) is 0 Å². The summed E-state index contributed by atoms with van der Waals surface area (Å²) < 4.78 is 7.06. The zero-order valence-corrected chi connectivity index (χ0v) is 4.37. The molecule has 0 aliphatic heterocycles. The smallest absolute Gasteiger partial charge is 0.0639 e. The van der Waals surface area contributed by atoms with Crippen molar-refractivity contribution in [3.05, 3.63) is 35.3 Å². The van der Waals surface area contributed by atoms with Gasteiger partial charge in [-0.25, -0.2) is 0 Å². The third kappa shape index (κ3) is 1.20. The molecule has 0 heterocycles. The zero-order chi connectivity index (χ0) is 5.98. The van der Waals surface area contributed by atoms with E-state index < -0.39 is 0 Å². The maximum Gasteiger partial charge on any atom is 0.0639 e. The molecule has 1 radical (unpaired) electrons. The summed E-state index contributed by atoms with van der Waals surface area (Å²) >= 11 is 5.47. The molecule has 0 aromatic heterocycles. The van der Waals surface area contributed by atoms with Crippen LogP contribution in [0.15, 0.2) is 24.2 Å². The lowest BCUT2D eigenvalue weighted by molar-refractivity contribution is 1.69. The topological polar surface area (TPSA) is 0 Å². The summed E-state index contributed by atoms with van der Waals surface area (Å²) in [6, 6.07) is 8.04. The van der Waals surface area contributed by atoms with Crippen LogP contribution in [0.1, 0.15) is 1.37 Å². The van der Waals surface area contributed by atoms with Gasteiger partial charge in [0.2, 0.25) is 0 Å². The van der Waals surface area contributed by atoms with Gasteiger partial charge in [0, 0.05) is 11.1 Å². The molecule has 7 heavy (non-hydrogen) atoms. The van der Waals surface area contributed by atoms with Crippen LogP contribution in [0, 0.1) is 6.07 Å². The van der Waals surface area contributed by atoms with E-state index in [2.05, 4.69) is 6.07 Å². The molecule has 0 amide bonds. The summed E-state index contributed by atoms with van der Waals surface area (Å²) in [5, 5.41) is 0.382. The first-order chi connectivity index (χ1) is 3.80. The number of hydrogen-bond acceptors (Lipinski definition) is 0. The van der Waals surface area contributed by atoms with Crippen LogP contribution in [0.3, 0.4) is 0 Å². The Morgan fingerprint density at radius 2 is 2.57 bits per heavy atom. The Morgan fingerprint density at radius 3 is 3.00 bits per heavy atom. The first-order valence-electron chi connectivity index (χ1n) is 2.43. The second-order valence-corrected chi connectivity index (χ2v) is 1.51. The number of hydrogen-bond donors (Lipinski definition) is 0. The Balaban J connectivity index is 3.13. The Labute approximate surface area is 49.1 Å². The van der Waals surface area contributed by atoms with Gasteiger partial charge in [0.25, 0.3) is 0 Å². The molecule has 35 valence electrons. The van der Waals surface area contributed by atoms with Crippen LogP contribution in [0.4, 0.5) is 0 Å². The van der Waals surface area contributed by atoms with Crippen LogP contribution >= 0.6 is 11.6 Å². The molecule has 0 atom stereocenters. The van der Waals surface area contributed by atoms with E-state index in [0.29, 0.717) is 11.1 Å². The van der Waals surface area contributed by atoms with Crippen molar-refractivity contribution in [1.29, 1.82) is 0 Å². The average molecular weight is 113 g/mol. The standard InChI is InChI=1S/C6H4Cl/c7-6-4-2-1-3-5-6/h1-4H/i4D. The fourth-order valence-corrected chi connectivity index (χ4v) is 0.458. The summed E-state index contributed by atoms with van der Waals surface area (Å²) in [6.07, 6.45) is 0. The second kappa shape index (κ2) is 1.99. The van der Waals surface area contributed by atoms with Gasteiger partial charge in [-0.1, -0.05) is 29.8 Å². The van der Waals surface area contributed by atoms with E-state index in [1.165, 1.54) is 0 Å². The third-order valence-electron chi connectivity index (χ3n) is 0.613. The lowest BCUT2D eigenvalue weighted by Gasteiger charge is -1.79. The van der Waals surface area contributed by atoms with E-state index in [1.807, 2.05) is 0 Å². The van der Waals surface area contributed by atoms with E-state index >= 15 is 0 Å². The summed E-state index contributed by atoms with van der Waals surface area (Å²) in [5.74, 6) is 0. The molecule has 0 saturated heterocycles. The Kier molecular flexibility index (Phi) is 0.995. The van der Waals surface area contributed by atoms with Crippen molar-refractivity contribution in [1.82, 2.24) is 0 Å². The Hall–Kier alpha value is -0.490. The summed E-state index contributed by atoms with van der Waals surface area (Å²) in [7, 11) is 0. The normalized spacial score (nSPS) is 10.7. The summed E-state index contributed by atoms with van der Waals surface area (Å²) in [5.41, 5.74) is 0. The molecule has 0 bridgehead atoms. The average Bonchev–Trinajstić information content (AvgIpc) is 1.77. The number of rotatable bonds is 0. The molecule has 0 spiro atoms. The second-order valence-electron chi connectivity index (χ2n) is 1.13. The monoisotopic (exact) mass is 112 g/mol. The van der Waals surface area contributed by atoms with Crippen LogP contribution in [-0.2, 0) is 0 Å². The fraction of sp³-hybridized carbons (Fsp3) is 0. The first kappa shape index (κ1) is 3.50. The van der Waals surface area contributed by atoms with Crippen LogP contribution in [-0.4, -0.2) is 0 Å². The van der Waals surface area contributed by atoms with Crippen LogP contribution in [0.25, 0.3) is 0 Å². The van der Waals surface area contributed by atoms with Crippen molar-refractivity contribution >= 4 is 11.6 Å². The highest BCUT2D eigenvalue weighted by Crippen LogP contribution is 2.02. The van der Waals surface area contributed by atoms with E-state index in [4.69, 9.17) is 13.0 Å². The van der Waals surface area contributed by atoms with Gasteiger partial charge in [-0.3, -0.25) is 0 Å². The van der Waals surface area contributed by atoms with Crippen molar-refractivity contribution in [2.45, 2.75) is 0 Å². The van der Waals surface area contributed by atoms with Crippen LogP contribution < -0.4 is 0 Å². The number of halogens is 1. The van der Waals surface area contributed by atoms with E-state index in [-0.39, 0.29) is 0 Å². The van der Waals surface area contributed by atoms with Gasteiger partial charge in [-0.15, -0.1) is 0 Å². The first-order valence-corrected chi connectivity index (χ1v) is 2.31. The van der Waals surface area contributed by atoms with E-state index in [9.17, 15) is 0 Å². The lowest BCUT2D eigenvalue weighted by atomic mass is 10.4. The molecular weight excluding hydrogens is 108 g/mol. The van der Waals surface area contributed by atoms with Gasteiger partial charge in [0.05, 0.1) is 1.37 Å². The third-order valence-corrected chi connectivity index (χ3v) is 0.831. The minimum atomic E-state index is 0.328. The van der Waals surface area contributed by atoms with Crippen molar-refractivity contribution in [3.63, 3.8) is 0 Å². The molecule has 0 N–H and O–H groups in total. The Bertz CT molecular complexity index is 165. The summed E-state index contributed by atoms with van der Waals surface area (Å²) in [6.45, 7) is 0. The highest BCUT2D eigenvalue weighted by Gasteiger charge is 1.76. The van der Waals surface area contributed by atoms with Gasteiger partial charge in [0.15, 0.2) is 0 Å². The maximum atomic E-state index is 7.06.